The van der Waals surface area contributed by atoms with Crippen LogP contribution in [0.1, 0.15) is 65.3 Å². The van der Waals surface area contributed by atoms with E-state index in [-0.39, 0.29) is 11.1 Å². The van der Waals surface area contributed by atoms with Gasteiger partial charge in [0.1, 0.15) is 0 Å². The van der Waals surface area contributed by atoms with E-state index in [1.165, 1.54) is 31.0 Å². The molecule has 0 fully saturated rings. The molecule has 1 aromatic rings. The van der Waals surface area contributed by atoms with Gasteiger partial charge in [0, 0.05) is 12.0 Å². The van der Waals surface area contributed by atoms with Crippen LogP contribution < -0.4 is 0 Å². The Labute approximate surface area is 130 Å². The summed E-state index contributed by atoms with van der Waals surface area (Å²) < 4.78 is 0. The minimum Gasteiger partial charge on any atom is -0.478 e. The van der Waals surface area contributed by atoms with E-state index in [1.54, 1.807) is 0 Å². The second-order valence-corrected chi connectivity index (χ2v) is 4.73. The molecule has 4 heteroatoms. The van der Waals surface area contributed by atoms with Crippen LogP contribution in [0.5, 0.6) is 0 Å². The summed E-state index contributed by atoms with van der Waals surface area (Å²) in [7, 11) is 0. The molecule has 2 N–H and O–H groups in total. The Morgan fingerprint density at radius 1 is 1.00 bits per heavy atom. The lowest BCUT2D eigenvalue weighted by Gasteiger charge is -2.01. The molecule has 0 atom stereocenters. The molecule has 0 aliphatic carbocycles. The molecule has 114 valence electrons. The quantitative estimate of drug-likeness (QED) is 0.623. The molecule has 1 rings (SSSR count). The van der Waals surface area contributed by atoms with Crippen molar-refractivity contribution in [1.82, 2.24) is 0 Å². The first-order valence-electron chi connectivity index (χ1n) is 7.15. The molecule has 0 amide bonds. The van der Waals surface area contributed by atoms with Crippen LogP contribution in [0.4, 0.5) is 0 Å². The fraction of sp³-hybridized carbons (Fsp3) is 0.333. The van der Waals surface area contributed by atoms with Crippen molar-refractivity contribution in [2.75, 3.05) is 0 Å². The molecule has 4 nitrogen and oxygen atoms in total. The Bertz CT molecular complexity index is 666. The van der Waals surface area contributed by atoms with Gasteiger partial charge < -0.3 is 10.2 Å². The lowest BCUT2D eigenvalue weighted by atomic mass is 10.0. The van der Waals surface area contributed by atoms with Crippen molar-refractivity contribution in [3.05, 3.63) is 34.9 Å². The van der Waals surface area contributed by atoms with Crippen LogP contribution in [0.25, 0.3) is 0 Å². The normalized spacial score (nSPS) is 9.14. The van der Waals surface area contributed by atoms with E-state index in [0.717, 1.165) is 19.3 Å². The predicted octanol–water partition coefficient (Wildman–Crippen LogP) is 3.41. The minimum atomic E-state index is -1.29. The Kier molecular flexibility index (Phi) is 7.29. The number of rotatable bonds is 6. The van der Waals surface area contributed by atoms with Gasteiger partial charge in [-0.3, -0.25) is 0 Å². The summed E-state index contributed by atoms with van der Waals surface area (Å²) in [5.74, 6) is 8.49. The average molecular weight is 298 g/mol. The maximum absolute atomic E-state index is 11.0. The van der Waals surface area contributed by atoms with E-state index >= 15 is 0 Å². The van der Waals surface area contributed by atoms with Crippen molar-refractivity contribution in [1.29, 1.82) is 0 Å². The first kappa shape index (κ1) is 17.3. The van der Waals surface area contributed by atoms with Gasteiger partial charge in [-0.1, -0.05) is 38.0 Å². The van der Waals surface area contributed by atoms with Gasteiger partial charge in [0.25, 0.3) is 0 Å². The SMILES string of the molecule is CCCCCCC#CC#Cc1ccc(C(=O)O)c(C(=O)O)c1. The number of aromatic carboxylic acids is 2. The molecular formula is C18H18O4. The molecule has 0 aromatic heterocycles. The summed E-state index contributed by atoms with van der Waals surface area (Å²) in [5, 5.41) is 17.9. The van der Waals surface area contributed by atoms with E-state index in [2.05, 4.69) is 30.6 Å². The van der Waals surface area contributed by atoms with Crippen LogP contribution in [-0.2, 0) is 0 Å². The van der Waals surface area contributed by atoms with Crippen molar-refractivity contribution < 1.29 is 19.8 Å². The van der Waals surface area contributed by atoms with Gasteiger partial charge in [0.2, 0.25) is 0 Å². The molecule has 22 heavy (non-hydrogen) atoms. The Morgan fingerprint density at radius 2 is 1.73 bits per heavy atom. The molecular weight excluding hydrogens is 280 g/mol. The van der Waals surface area contributed by atoms with Crippen LogP contribution in [0.2, 0.25) is 0 Å². The Morgan fingerprint density at radius 3 is 2.36 bits per heavy atom. The van der Waals surface area contributed by atoms with Gasteiger partial charge >= 0.3 is 11.9 Å². The molecule has 0 saturated carbocycles. The zero-order chi connectivity index (χ0) is 16.4. The van der Waals surface area contributed by atoms with Gasteiger partial charge in [-0.15, -0.1) is 0 Å². The highest BCUT2D eigenvalue weighted by molar-refractivity contribution is 6.01. The van der Waals surface area contributed by atoms with Gasteiger partial charge in [-0.05, 0) is 36.5 Å². The van der Waals surface area contributed by atoms with Gasteiger partial charge in [-0.2, -0.15) is 0 Å². The highest BCUT2D eigenvalue weighted by atomic mass is 16.4. The summed E-state index contributed by atoms with van der Waals surface area (Å²) >= 11 is 0. The molecule has 1 aromatic carbocycles. The van der Waals surface area contributed by atoms with Gasteiger partial charge in [0.05, 0.1) is 11.1 Å². The summed E-state index contributed by atoms with van der Waals surface area (Å²) in [5.41, 5.74) is -0.0884. The number of unbranched alkanes of at least 4 members (excludes halogenated alkanes) is 4. The van der Waals surface area contributed by atoms with Gasteiger partial charge in [-0.25, -0.2) is 9.59 Å². The average Bonchev–Trinajstić information content (AvgIpc) is 2.49. The first-order valence-corrected chi connectivity index (χ1v) is 7.15. The third kappa shape index (κ3) is 5.73. The third-order valence-electron chi connectivity index (χ3n) is 2.99. The standard InChI is InChI=1S/C18H18O4/c1-2-3-4-5-6-7-8-9-10-14-11-12-15(17(19)20)16(13-14)18(21)22/h11-13H,2-6H2,1H3,(H,19,20)(H,21,22). The van der Waals surface area contributed by atoms with E-state index in [9.17, 15) is 9.59 Å². The van der Waals surface area contributed by atoms with E-state index in [0.29, 0.717) is 5.56 Å². The summed E-state index contributed by atoms with van der Waals surface area (Å²) in [4.78, 5) is 22.0. The highest BCUT2D eigenvalue weighted by Crippen LogP contribution is 2.12. The minimum absolute atomic E-state index is 0.250. The maximum Gasteiger partial charge on any atom is 0.336 e. The summed E-state index contributed by atoms with van der Waals surface area (Å²) in [6.07, 6.45) is 5.41. The number of hydrogen-bond acceptors (Lipinski definition) is 2. The van der Waals surface area contributed by atoms with Crippen molar-refractivity contribution in [2.45, 2.75) is 39.0 Å². The summed E-state index contributed by atoms with van der Waals surface area (Å²) in [6, 6.07) is 3.97. The van der Waals surface area contributed by atoms with Crippen LogP contribution in [0.15, 0.2) is 18.2 Å². The number of carboxylic acid groups (broad SMARTS) is 2. The number of carboxylic acids is 2. The van der Waals surface area contributed by atoms with E-state index in [4.69, 9.17) is 10.2 Å². The first-order chi connectivity index (χ1) is 10.6. The Balaban J connectivity index is 2.74. The number of benzene rings is 1. The van der Waals surface area contributed by atoms with Crippen molar-refractivity contribution in [3.8, 4) is 23.7 Å². The largest absolute Gasteiger partial charge is 0.478 e. The van der Waals surface area contributed by atoms with Crippen LogP contribution in [0, 0.1) is 23.7 Å². The van der Waals surface area contributed by atoms with E-state index in [1.807, 2.05) is 0 Å². The fourth-order valence-corrected chi connectivity index (χ4v) is 1.84. The zero-order valence-corrected chi connectivity index (χ0v) is 12.5. The van der Waals surface area contributed by atoms with Crippen molar-refractivity contribution in [2.24, 2.45) is 0 Å². The molecule has 0 saturated heterocycles. The second kappa shape index (κ2) is 9.26. The van der Waals surface area contributed by atoms with Crippen molar-refractivity contribution >= 4 is 11.9 Å². The third-order valence-corrected chi connectivity index (χ3v) is 2.99. The molecule has 0 bridgehead atoms. The molecule has 0 unspecified atom stereocenters. The lowest BCUT2D eigenvalue weighted by molar-refractivity contribution is 0.0651. The monoisotopic (exact) mass is 298 g/mol. The smallest absolute Gasteiger partial charge is 0.336 e. The van der Waals surface area contributed by atoms with Crippen LogP contribution in [0.3, 0.4) is 0 Å². The highest BCUT2D eigenvalue weighted by Gasteiger charge is 2.15. The summed E-state index contributed by atoms with van der Waals surface area (Å²) in [6.45, 7) is 2.15. The molecule has 0 radical (unpaired) electrons. The number of hydrogen-bond donors (Lipinski definition) is 2. The predicted molar refractivity (Wildman–Crippen MR) is 83.8 cm³/mol. The molecule has 0 aliphatic heterocycles. The van der Waals surface area contributed by atoms with E-state index < -0.39 is 11.9 Å². The lowest BCUT2D eigenvalue weighted by Crippen LogP contribution is -2.08. The zero-order valence-electron chi connectivity index (χ0n) is 12.5. The fourth-order valence-electron chi connectivity index (χ4n) is 1.84. The molecule has 0 spiro atoms. The molecule has 0 heterocycles. The van der Waals surface area contributed by atoms with Crippen LogP contribution >= 0.6 is 0 Å². The topological polar surface area (TPSA) is 74.6 Å². The van der Waals surface area contributed by atoms with Crippen molar-refractivity contribution in [3.63, 3.8) is 0 Å². The Hall–Kier alpha value is -2.72. The number of carbonyl (C=O) groups is 2. The van der Waals surface area contributed by atoms with Gasteiger partial charge in [0.15, 0.2) is 0 Å². The van der Waals surface area contributed by atoms with Crippen LogP contribution in [-0.4, -0.2) is 22.2 Å². The maximum atomic E-state index is 11.0. The molecule has 0 aliphatic rings. The second-order valence-electron chi connectivity index (χ2n) is 4.73.